The SMILES string of the molecule is C=CC(=O)N1C(C)CN(c2nc(=O)n3c4c(c(-c5cc(Cl)c(F)cc5F)c(C(F)(F)F)cc24)SCC(c2cncc(F)c2)C3)CC1C. The van der Waals surface area contributed by atoms with E-state index in [0.717, 1.165) is 30.1 Å². The molecular formula is C32H26ClF6N5O2S. The van der Waals surface area contributed by atoms with Gasteiger partial charge in [0, 0.05) is 77.1 Å². The molecule has 3 unspecified atom stereocenters. The highest BCUT2D eigenvalue weighted by molar-refractivity contribution is 7.99. The average molecular weight is 694 g/mol. The molecule has 6 rings (SSSR count). The molecule has 1 fully saturated rings. The van der Waals surface area contributed by atoms with E-state index in [9.17, 15) is 18.4 Å². The van der Waals surface area contributed by atoms with E-state index in [4.69, 9.17) is 11.6 Å². The van der Waals surface area contributed by atoms with E-state index in [0.29, 0.717) is 11.6 Å². The number of hydrogen-bond donors (Lipinski definition) is 0. The number of nitrogens with zero attached hydrogens (tertiary/aromatic N) is 5. The Labute approximate surface area is 273 Å². The van der Waals surface area contributed by atoms with Crippen LogP contribution in [0.5, 0.6) is 0 Å². The molecule has 0 spiro atoms. The van der Waals surface area contributed by atoms with Gasteiger partial charge in [0.2, 0.25) is 5.91 Å². The van der Waals surface area contributed by atoms with Gasteiger partial charge < -0.3 is 9.80 Å². The fraction of sp³-hybridized carbons (Fsp3) is 0.312. The highest BCUT2D eigenvalue weighted by Crippen LogP contribution is 2.50. The number of aromatic nitrogens is 3. The molecule has 0 N–H and O–H groups in total. The van der Waals surface area contributed by atoms with Crippen molar-refractivity contribution in [2.75, 3.05) is 23.7 Å². The number of carbonyl (C=O) groups excluding carboxylic acids is 1. The van der Waals surface area contributed by atoms with Gasteiger partial charge in [-0.05, 0) is 43.7 Å². The third-order valence-electron chi connectivity index (χ3n) is 8.46. The molecule has 2 aromatic carbocycles. The number of piperazine rings is 1. The van der Waals surface area contributed by atoms with Gasteiger partial charge in [0.05, 0.1) is 22.3 Å². The molecule has 2 aliphatic heterocycles. The monoisotopic (exact) mass is 693 g/mol. The van der Waals surface area contributed by atoms with Crippen molar-refractivity contribution in [1.82, 2.24) is 19.4 Å². The first-order valence-corrected chi connectivity index (χ1v) is 15.8. The molecule has 0 radical (unpaired) electrons. The Balaban J connectivity index is 1.66. The molecule has 47 heavy (non-hydrogen) atoms. The minimum atomic E-state index is -5.04. The molecule has 246 valence electrons. The lowest BCUT2D eigenvalue weighted by Crippen LogP contribution is -2.58. The summed E-state index contributed by atoms with van der Waals surface area (Å²) >= 11 is 6.89. The molecule has 0 saturated carbocycles. The number of rotatable bonds is 4. The molecular weight excluding hydrogens is 668 g/mol. The first kappa shape index (κ1) is 32.9. The molecule has 4 aromatic rings. The summed E-state index contributed by atoms with van der Waals surface area (Å²) in [6.45, 7) is 7.25. The second-order valence-electron chi connectivity index (χ2n) is 11.6. The third-order valence-corrected chi connectivity index (χ3v) is 10.0. The first-order chi connectivity index (χ1) is 22.2. The van der Waals surface area contributed by atoms with Crippen molar-refractivity contribution in [3.63, 3.8) is 0 Å². The fourth-order valence-electron chi connectivity index (χ4n) is 6.49. The van der Waals surface area contributed by atoms with Gasteiger partial charge >= 0.3 is 11.9 Å². The number of anilines is 1. The third kappa shape index (κ3) is 5.86. The maximum Gasteiger partial charge on any atom is 0.417 e. The minimum Gasteiger partial charge on any atom is -0.352 e. The number of amides is 1. The van der Waals surface area contributed by atoms with Gasteiger partial charge in [-0.15, -0.1) is 11.8 Å². The fourth-order valence-corrected chi connectivity index (χ4v) is 8.05. The van der Waals surface area contributed by atoms with E-state index in [1.807, 2.05) is 0 Å². The van der Waals surface area contributed by atoms with Gasteiger partial charge in [-0.25, -0.2) is 18.0 Å². The van der Waals surface area contributed by atoms with Crippen LogP contribution in [0, 0.1) is 17.5 Å². The Kier molecular flexibility index (Phi) is 8.54. The lowest BCUT2D eigenvalue weighted by Gasteiger charge is -2.44. The van der Waals surface area contributed by atoms with Gasteiger partial charge in [-0.2, -0.15) is 18.2 Å². The molecule has 2 aliphatic rings. The van der Waals surface area contributed by atoms with Crippen molar-refractivity contribution in [3.05, 3.63) is 93.4 Å². The van der Waals surface area contributed by atoms with Crippen molar-refractivity contribution >= 4 is 46.0 Å². The Morgan fingerprint density at radius 2 is 1.74 bits per heavy atom. The Hall–Kier alpha value is -4.04. The van der Waals surface area contributed by atoms with E-state index >= 15 is 17.6 Å². The first-order valence-electron chi connectivity index (χ1n) is 14.5. The quantitative estimate of drug-likeness (QED) is 0.130. The number of pyridine rings is 1. The van der Waals surface area contributed by atoms with Crippen molar-refractivity contribution in [1.29, 1.82) is 0 Å². The Morgan fingerprint density at radius 3 is 2.38 bits per heavy atom. The molecule has 1 amide bonds. The predicted molar refractivity (Wildman–Crippen MR) is 167 cm³/mol. The van der Waals surface area contributed by atoms with Crippen LogP contribution in [0.15, 0.2) is 59.0 Å². The zero-order chi connectivity index (χ0) is 33.9. The molecule has 15 heteroatoms. The maximum absolute atomic E-state index is 15.4. The van der Waals surface area contributed by atoms with E-state index in [-0.39, 0.29) is 52.9 Å². The predicted octanol–water partition coefficient (Wildman–Crippen LogP) is 7.05. The summed E-state index contributed by atoms with van der Waals surface area (Å²) in [4.78, 5) is 37.7. The summed E-state index contributed by atoms with van der Waals surface area (Å²) in [5.41, 5.74) is -2.79. The summed E-state index contributed by atoms with van der Waals surface area (Å²) in [6.07, 6.45) is -1.45. The van der Waals surface area contributed by atoms with Crippen molar-refractivity contribution in [2.24, 2.45) is 0 Å². The smallest absolute Gasteiger partial charge is 0.352 e. The lowest BCUT2D eigenvalue weighted by atomic mass is 9.95. The molecule has 3 atom stereocenters. The number of hydrogen-bond acceptors (Lipinski definition) is 6. The van der Waals surface area contributed by atoms with Crippen LogP contribution in [0.2, 0.25) is 5.02 Å². The van der Waals surface area contributed by atoms with Crippen LogP contribution in [0.4, 0.5) is 32.2 Å². The summed E-state index contributed by atoms with van der Waals surface area (Å²) in [6, 6.07) is 2.42. The van der Waals surface area contributed by atoms with Crippen LogP contribution >= 0.6 is 23.4 Å². The van der Waals surface area contributed by atoms with E-state index in [1.165, 1.54) is 22.9 Å². The highest BCUT2D eigenvalue weighted by Gasteiger charge is 2.40. The van der Waals surface area contributed by atoms with E-state index in [1.54, 1.807) is 23.6 Å². The normalized spacial score (nSPS) is 20.0. The van der Waals surface area contributed by atoms with Gasteiger partial charge in [0.15, 0.2) is 0 Å². The number of benzene rings is 2. The summed E-state index contributed by atoms with van der Waals surface area (Å²) in [5.74, 6) is -3.98. The van der Waals surface area contributed by atoms with Gasteiger partial charge in [0.1, 0.15) is 23.3 Å². The average Bonchev–Trinajstić information content (AvgIpc) is 3.21. The summed E-state index contributed by atoms with van der Waals surface area (Å²) < 4.78 is 90.1. The number of halogens is 7. The maximum atomic E-state index is 15.4. The summed E-state index contributed by atoms with van der Waals surface area (Å²) in [5, 5.41) is -0.621. The molecule has 1 saturated heterocycles. The van der Waals surface area contributed by atoms with Crippen molar-refractivity contribution in [2.45, 2.75) is 49.5 Å². The van der Waals surface area contributed by atoms with Crippen LogP contribution in [-0.4, -0.2) is 56.3 Å². The van der Waals surface area contributed by atoms with Gasteiger partial charge in [-0.1, -0.05) is 18.2 Å². The number of thioether (sulfide) groups is 1. The second-order valence-corrected chi connectivity index (χ2v) is 13.0. The van der Waals surface area contributed by atoms with Crippen LogP contribution in [0.25, 0.3) is 22.0 Å². The molecule has 7 nitrogen and oxygen atoms in total. The topological polar surface area (TPSA) is 71.3 Å². The van der Waals surface area contributed by atoms with Crippen LogP contribution < -0.4 is 10.6 Å². The molecule has 4 heterocycles. The van der Waals surface area contributed by atoms with E-state index in [2.05, 4.69) is 16.5 Å². The second kappa shape index (κ2) is 12.2. The molecule has 0 bridgehead atoms. The van der Waals surface area contributed by atoms with Crippen LogP contribution in [-0.2, 0) is 17.5 Å². The largest absolute Gasteiger partial charge is 0.417 e. The van der Waals surface area contributed by atoms with E-state index < -0.39 is 69.0 Å². The van der Waals surface area contributed by atoms with Gasteiger partial charge in [-0.3, -0.25) is 14.3 Å². The van der Waals surface area contributed by atoms with Crippen LogP contribution in [0.1, 0.15) is 30.9 Å². The van der Waals surface area contributed by atoms with Crippen molar-refractivity contribution < 1.29 is 31.1 Å². The molecule has 2 aromatic heterocycles. The lowest BCUT2D eigenvalue weighted by molar-refractivity contribution is -0.137. The van der Waals surface area contributed by atoms with Crippen LogP contribution in [0.3, 0.4) is 0 Å². The number of alkyl halides is 3. The Morgan fingerprint density at radius 1 is 1.04 bits per heavy atom. The highest BCUT2D eigenvalue weighted by atomic mass is 35.5. The standard InChI is InChI=1S/C32H26ClF6N5O2S/c1-4-26(45)44-15(2)11-42(12-16(44)3)30-21-6-22(32(37,38)39)27(20-7-23(33)25(36)8-24(20)35)29-28(21)43(31(46)41-30)13-18(14-47-29)17-5-19(34)10-40-9-17/h4-10,15-16,18H,1,11-14H2,2-3H3. The van der Waals surface area contributed by atoms with Crippen molar-refractivity contribution in [3.8, 4) is 11.1 Å². The minimum absolute atomic E-state index is 0.0299. The van der Waals surface area contributed by atoms with Gasteiger partial charge in [0.25, 0.3) is 0 Å². The zero-order valence-corrected chi connectivity index (χ0v) is 26.5. The zero-order valence-electron chi connectivity index (χ0n) is 24.9. The Bertz CT molecular complexity index is 1990. The summed E-state index contributed by atoms with van der Waals surface area (Å²) in [7, 11) is 0. The molecule has 0 aliphatic carbocycles. The number of carbonyl (C=O) groups is 1.